The topological polar surface area (TPSA) is 72.5 Å². The van der Waals surface area contributed by atoms with Gasteiger partial charge in [0.2, 0.25) is 5.91 Å². The lowest BCUT2D eigenvalue weighted by Crippen LogP contribution is -2.23. The number of hydrogen-bond donors (Lipinski definition) is 1. The maximum absolute atomic E-state index is 12.3. The molecular formula is C15H12BrF2NO4S. The van der Waals surface area contributed by atoms with Crippen molar-refractivity contribution in [1.82, 2.24) is 0 Å². The zero-order chi connectivity index (χ0) is 17.7. The first-order valence-corrected chi connectivity index (χ1v) is 9.04. The Hall–Kier alpha value is -2.00. The number of halogens is 3. The molecule has 0 aliphatic heterocycles. The average molecular weight is 420 g/mol. The van der Waals surface area contributed by atoms with Crippen LogP contribution in [0.2, 0.25) is 0 Å². The molecule has 2 rings (SSSR count). The molecule has 2 aromatic carbocycles. The van der Waals surface area contributed by atoms with E-state index in [0.717, 1.165) is 0 Å². The molecule has 9 heteroatoms. The minimum atomic E-state index is -3.85. The van der Waals surface area contributed by atoms with E-state index in [9.17, 15) is 22.0 Å². The zero-order valence-electron chi connectivity index (χ0n) is 12.1. The first kappa shape index (κ1) is 18.3. The van der Waals surface area contributed by atoms with Gasteiger partial charge in [0, 0.05) is 4.47 Å². The van der Waals surface area contributed by atoms with Gasteiger partial charge in [0.15, 0.2) is 9.84 Å². The van der Waals surface area contributed by atoms with Crippen molar-refractivity contribution in [1.29, 1.82) is 0 Å². The van der Waals surface area contributed by atoms with Crippen molar-refractivity contribution < 1.29 is 26.7 Å². The van der Waals surface area contributed by atoms with Gasteiger partial charge in [-0.05, 0) is 36.4 Å². The molecule has 24 heavy (non-hydrogen) atoms. The van der Waals surface area contributed by atoms with E-state index in [1.165, 1.54) is 48.5 Å². The van der Waals surface area contributed by atoms with E-state index in [0.29, 0.717) is 4.47 Å². The highest BCUT2D eigenvalue weighted by molar-refractivity contribution is 9.10. The third-order valence-corrected chi connectivity index (χ3v) is 5.03. The Morgan fingerprint density at radius 3 is 2.38 bits per heavy atom. The number of amides is 1. The molecule has 0 heterocycles. The van der Waals surface area contributed by atoms with Crippen molar-refractivity contribution in [3.05, 3.63) is 53.0 Å². The van der Waals surface area contributed by atoms with Crippen molar-refractivity contribution >= 4 is 37.4 Å². The Morgan fingerprint density at radius 2 is 1.75 bits per heavy atom. The van der Waals surface area contributed by atoms with Gasteiger partial charge in [-0.1, -0.05) is 28.1 Å². The van der Waals surface area contributed by atoms with Gasteiger partial charge in [-0.25, -0.2) is 8.42 Å². The molecule has 128 valence electrons. The van der Waals surface area contributed by atoms with Crippen LogP contribution in [0.4, 0.5) is 14.5 Å². The normalized spacial score (nSPS) is 11.3. The summed E-state index contributed by atoms with van der Waals surface area (Å²) >= 11 is 3.19. The number of hydrogen-bond acceptors (Lipinski definition) is 4. The minimum absolute atomic E-state index is 0.0158. The summed E-state index contributed by atoms with van der Waals surface area (Å²) in [7, 11) is -3.85. The lowest BCUT2D eigenvalue weighted by atomic mass is 10.3. The highest BCUT2D eigenvalue weighted by Gasteiger charge is 2.20. The van der Waals surface area contributed by atoms with Crippen LogP contribution in [0, 0.1) is 0 Å². The molecule has 0 radical (unpaired) electrons. The number of anilines is 1. The second-order valence-electron chi connectivity index (χ2n) is 4.64. The zero-order valence-corrected chi connectivity index (χ0v) is 14.5. The molecule has 1 N–H and O–H groups in total. The first-order chi connectivity index (χ1) is 11.3. The number of carbonyl (C=O) groups is 1. The highest BCUT2D eigenvalue weighted by atomic mass is 79.9. The standard InChI is InChI=1S/C15H12BrF2NO4S/c16-10-5-7-11(8-6-10)24(21,22)9-14(20)19-12-3-1-2-4-13(12)23-15(17)18/h1-8,15H,9H2,(H,19,20). The maximum atomic E-state index is 12.3. The van der Waals surface area contributed by atoms with Gasteiger partial charge in [0.25, 0.3) is 0 Å². The van der Waals surface area contributed by atoms with Crippen LogP contribution in [-0.2, 0) is 14.6 Å². The molecule has 0 aliphatic carbocycles. The van der Waals surface area contributed by atoms with Crippen molar-refractivity contribution in [3.63, 3.8) is 0 Å². The molecule has 0 saturated carbocycles. The first-order valence-electron chi connectivity index (χ1n) is 6.60. The number of ether oxygens (including phenoxy) is 1. The van der Waals surface area contributed by atoms with Crippen LogP contribution in [0.15, 0.2) is 57.9 Å². The fraction of sp³-hybridized carbons (Fsp3) is 0.133. The van der Waals surface area contributed by atoms with Gasteiger partial charge in [0.1, 0.15) is 11.5 Å². The largest absolute Gasteiger partial charge is 0.433 e. The number of para-hydroxylation sites is 2. The van der Waals surface area contributed by atoms with E-state index >= 15 is 0 Å². The third kappa shape index (κ3) is 5.00. The van der Waals surface area contributed by atoms with Gasteiger partial charge >= 0.3 is 6.61 Å². The number of carbonyl (C=O) groups excluding carboxylic acids is 1. The Bertz CT molecular complexity index is 826. The van der Waals surface area contributed by atoms with E-state index in [4.69, 9.17) is 0 Å². The van der Waals surface area contributed by atoms with Crippen LogP contribution in [0.3, 0.4) is 0 Å². The van der Waals surface area contributed by atoms with Gasteiger partial charge < -0.3 is 10.1 Å². The molecule has 0 bridgehead atoms. The van der Waals surface area contributed by atoms with Crippen molar-refractivity contribution in [2.75, 3.05) is 11.1 Å². The van der Waals surface area contributed by atoms with Gasteiger partial charge in [-0.15, -0.1) is 0 Å². The molecule has 0 aliphatic rings. The Kier molecular flexibility index (Phi) is 5.89. The van der Waals surface area contributed by atoms with Crippen molar-refractivity contribution in [2.45, 2.75) is 11.5 Å². The molecular weight excluding hydrogens is 408 g/mol. The number of alkyl halides is 2. The van der Waals surface area contributed by atoms with Gasteiger partial charge in [-0.3, -0.25) is 4.79 Å². The van der Waals surface area contributed by atoms with Crippen LogP contribution >= 0.6 is 15.9 Å². The Morgan fingerprint density at radius 1 is 1.12 bits per heavy atom. The lowest BCUT2D eigenvalue weighted by molar-refractivity contribution is -0.114. The summed E-state index contributed by atoms with van der Waals surface area (Å²) in [4.78, 5) is 11.9. The van der Waals surface area contributed by atoms with E-state index < -0.39 is 28.1 Å². The second-order valence-corrected chi connectivity index (χ2v) is 7.54. The van der Waals surface area contributed by atoms with Crippen LogP contribution < -0.4 is 10.1 Å². The average Bonchev–Trinajstić information content (AvgIpc) is 2.48. The summed E-state index contributed by atoms with van der Waals surface area (Å²) in [5, 5.41) is 2.27. The Balaban J connectivity index is 2.12. The third-order valence-electron chi connectivity index (χ3n) is 2.87. The number of benzene rings is 2. The van der Waals surface area contributed by atoms with Crippen molar-refractivity contribution in [3.8, 4) is 5.75 Å². The predicted octanol–water partition coefficient (Wildman–Crippen LogP) is 3.46. The monoisotopic (exact) mass is 419 g/mol. The van der Waals surface area contributed by atoms with E-state index in [1.54, 1.807) is 0 Å². The smallest absolute Gasteiger partial charge is 0.387 e. The maximum Gasteiger partial charge on any atom is 0.387 e. The minimum Gasteiger partial charge on any atom is -0.433 e. The molecule has 0 aromatic heterocycles. The van der Waals surface area contributed by atoms with E-state index in [-0.39, 0.29) is 16.3 Å². The van der Waals surface area contributed by atoms with E-state index in [2.05, 4.69) is 26.0 Å². The molecule has 0 saturated heterocycles. The molecule has 0 spiro atoms. The van der Waals surface area contributed by atoms with Gasteiger partial charge in [-0.2, -0.15) is 8.78 Å². The number of sulfone groups is 1. The van der Waals surface area contributed by atoms with Crippen LogP contribution in [0.5, 0.6) is 5.75 Å². The summed E-state index contributed by atoms with van der Waals surface area (Å²) in [6, 6.07) is 11.3. The van der Waals surface area contributed by atoms with Crippen LogP contribution in [0.1, 0.15) is 0 Å². The molecule has 0 fully saturated rings. The highest BCUT2D eigenvalue weighted by Crippen LogP contribution is 2.25. The van der Waals surface area contributed by atoms with Crippen LogP contribution in [0.25, 0.3) is 0 Å². The molecule has 0 atom stereocenters. The molecule has 0 unspecified atom stereocenters. The summed E-state index contributed by atoms with van der Waals surface area (Å²) < 4.78 is 54.0. The number of nitrogens with one attached hydrogen (secondary N) is 1. The predicted molar refractivity (Wildman–Crippen MR) is 87.9 cm³/mol. The summed E-state index contributed by atoms with van der Waals surface area (Å²) in [6.45, 7) is -3.06. The van der Waals surface area contributed by atoms with Crippen molar-refractivity contribution in [2.24, 2.45) is 0 Å². The lowest BCUT2D eigenvalue weighted by Gasteiger charge is -2.11. The summed E-state index contributed by atoms with van der Waals surface area (Å²) in [5.41, 5.74) is -0.0335. The van der Waals surface area contributed by atoms with E-state index in [1.807, 2.05) is 0 Å². The fourth-order valence-corrected chi connectivity index (χ4v) is 3.25. The summed E-state index contributed by atoms with van der Waals surface area (Å²) in [6.07, 6.45) is 0. The molecule has 1 amide bonds. The number of rotatable bonds is 6. The molecule has 5 nitrogen and oxygen atoms in total. The SMILES string of the molecule is O=C(CS(=O)(=O)c1ccc(Br)cc1)Nc1ccccc1OC(F)F. The van der Waals surface area contributed by atoms with Gasteiger partial charge in [0.05, 0.1) is 10.6 Å². The molecule has 2 aromatic rings. The summed E-state index contributed by atoms with van der Waals surface area (Å²) in [5.74, 6) is -1.93. The quantitative estimate of drug-likeness (QED) is 0.777. The second kappa shape index (κ2) is 7.71. The Labute approximate surface area is 145 Å². The van der Waals surface area contributed by atoms with Crippen LogP contribution in [-0.4, -0.2) is 26.7 Å². The fourth-order valence-electron chi connectivity index (χ4n) is 1.85.